The smallest absolute Gasteiger partial charge is 0.220 e. The molecule has 0 fully saturated rings. The van der Waals surface area contributed by atoms with Crippen molar-refractivity contribution in [1.82, 2.24) is 0 Å². The van der Waals surface area contributed by atoms with Gasteiger partial charge in [-0.1, -0.05) is 35.9 Å². The maximum atomic E-state index is 9.79. The molecule has 1 N–H and O–H groups in total. The van der Waals surface area contributed by atoms with Crippen LogP contribution in [0.3, 0.4) is 0 Å². The molecule has 19 heavy (non-hydrogen) atoms. The van der Waals surface area contributed by atoms with Crippen molar-refractivity contribution in [3.63, 3.8) is 0 Å². The molecule has 0 radical (unpaired) electrons. The van der Waals surface area contributed by atoms with Gasteiger partial charge in [-0.05, 0) is 29.8 Å². The number of aliphatic imine (C=N–C) groups is 1. The van der Waals surface area contributed by atoms with E-state index in [1.807, 2.05) is 30.3 Å². The molecule has 1 aliphatic rings. The van der Waals surface area contributed by atoms with Crippen LogP contribution in [0.5, 0.6) is 5.75 Å². The molecule has 0 aromatic heterocycles. The standard InChI is InChI=1S/C15H12ClNO2/c16-11-7-5-10(6-8-11)14-9-17-15(19-14)12-3-1-2-4-13(12)18/h1-8,14,18H,9H2. The van der Waals surface area contributed by atoms with E-state index in [4.69, 9.17) is 16.3 Å². The molecule has 0 saturated heterocycles. The lowest BCUT2D eigenvalue weighted by Crippen LogP contribution is -2.06. The van der Waals surface area contributed by atoms with E-state index < -0.39 is 0 Å². The summed E-state index contributed by atoms with van der Waals surface area (Å²) in [6.45, 7) is 0.547. The zero-order valence-corrected chi connectivity index (χ0v) is 10.8. The third kappa shape index (κ3) is 2.42. The number of ether oxygens (including phenoxy) is 1. The van der Waals surface area contributed by atoms with Crippen molar-refractivity contribution in [2.24, 2.45) is 4.99 Å². The van der Waals surface area contributed by atoms with Crippen molar-refractivity contribution in [1.29, 1.82) is 0 Å². The number of hydrogen-bond donors (Lipinski definition) is 1. The lowest BCUT2D eigenvalue weighted by molar-refractivity contribution is 0.230. The zero-order chi connectivity index (χ0) is 13.2. The van der Waals surface area contributed by atoms with Gasteiger partial charge in [0.05, 0.1) is 12.1 Å². The van der Waals surface area contributed by atoms with Gasteiger partial charge in [0.25, 0.3) is 0 Å². The monoisotopic (exact) mass is 273 g/mol. The number of aromatic hydroxyl groups is 1. The van der Waals surface area contributed by atoms with Crippen molar-refractivity contribution >= 4 is 17.5 Å². The highest BCUT2D eigenvalue weighted by molar-refractivity contribution is 6.30. The van der Waals surface area contributed by atoms with Gasteiger partial charge in [-0.15, -0.1) is 0 Å². The maximum absolute atomic E-state index is 9.79. The summed E-state index contributed by atoms with van der Waals surface area (Å²) in [5.74, 6) is 0.663. The first kappa shape index (κ1) is 12.1. The van der Waals surface area contributed by atoms with E-state index in [9.17, 15) is 5.11 Å². The summed E-state index contributed by atoms with van der Waals surface area (Å²) in [6.07, 6.45) is -0.119. The van der Waals surface area contributed by atoms with Crippen LogP contribution >= 0.6 is 11.6 Å². The van der Waals surface area contributed by atoms with Crippen LogP contribution in [0, 0.1) is 0 Å². The van der Waals surface area contributed by atoms with E-state index in [1.165, 1.54) is 0 Å². The van der Waals surface area contributed by atoms with Crippen LogP contribution in [0.15, 0.2) is 53.5 Å². The van der Waals surface area contributed by atoms with E-state index in [0.29, 0.717) is 23.0 Å². The Balaban J connectivity index is 1.80. The van der Waals surface area contributed by atoms with Crippen LogP contribution < -0.4 is 0 Å². The lowest BCUT2D eigenvalue weighted by Gasteiger charge is -2.12. The number of hydrogen-bond acceptors (Lipinski definition) is 3. The van der Waals surface area contributed by atoms with Gasteiger partial charge in [-0.3, -0.25) is 0 Å². The third-order valence-electron chi connectivity index (χ3n) is 3.03. The first-order valence-electron chi connectivity index (χ1n) is 5.99. The fourth-order valence-electron chi connectivity index (χ4n) is 2.03. The Morgan fingerprint density at radius 3 is 2.58 bits per heavy atom. The Labute approximate surface area is 116 Å². The summed E-state index contributed by atoms with van der Waals surface area (Å²) >= 11 is 5.86. The van der Waals surface area contributed by atoms with Crippen LogP contribution in [-0.2, 0) is 4.74 Å². The average molecular weight is 274 g/mol. The molecule has 0 amide bonds. The summed E-state index contributed by atoms with van der Waals surface area (Å²) in [5.41, 5.74) is 1.65. The second kappa shape index (κ2) is 4.94. The number of para-hydroxylation sites is 1. The molecule has 2 aromatic rings. The molecule has 0 saturated carbocycles. The topological polar surface area (TPSA) is 41.8 Å². The molecular formula is C15H12ClNO2. The molecule has 3 rings (SSSR count). The summed E-state index contributed by atoms with van der Waals surface area (Å²) in [6, 6.07) is 14.5. The van der Waals surface area contributed by atoms with Gasteiger partial charge in [-0.25, -0.2) is 4.99 Å². The highest BCUT2D eigenvalue weighted by Gasteiger charge is 2.24. The first-order valence-corrected chi connectivity index (χ1v) is 6.37. The van der Waals surface area contributed by atoms with E-state index in [-0.39, 0.29) is 11.9 Å². The normalized spacial score (nSPS) is 17.9. The van der Waals surface area contributed by atoms with E-state index in [1.54, 1.807) is 18.2 Å². The molecule has 1 heterocycles. The van der Waals surface area contributed by atoms with Crippen LogP contribution in [-0.4, -0.2) is 17.5 Å². The molecule has 1 unspecified atom stereocenters. The Bertz CT molecular complexity index is 622. The van der Waals surface area contributed by atoms with Crippen LogP contribution in [0.25, 0.3) is 0 Å². The highest BCUT2D eigenvalue weighted by atomic mass is 35.5. The first-order chi connectivity index (χ1) is 9.24. The molecule has 0 spiro atoms. The number of rotatable bonds is 2. The molecule has 1 aliphatic heterocycles. The summed E-state index contributed by atoms with van der Waals surface area (Å²) in [7, 11) is 0. The quantitative estimate of drug-likeness (QED) is 0.909. The van der Waals surface area contributed by atoms with Crippen molar-refractivity contribution in [2.75, 3.05) is 6.54 Å². The summed E-state index contributed by atoms with van der Waals surface area (Å²) in [5, 5.41) is 10.5. The molecule has 0 aliphatic carbocycles. The van der Waals surface area contributed by atoms with Crippen LogP contribution in [0.4, 0.5) is 0 Å². The number of nitrogens with zero attached hydrogens (tertiary/aromatic N) is 1. The van der Waals surface area contributed by atoms with Crippen molar-refractivity contribution in [3.05, 3.63) is 64.7 Å². The van der Waals surface area contributed by atoms with Gasteiger partial charge in [-0.2, -0.15) is 0 Å². The van der Waals surface area contributed by atoms with Gasteiger partial charge < -0.3 is 9.84 Å². The van der Waals surface area contributed by atoms with Gasteiger partial charge in [0.1, 0.15) is 11.9 Å². The zero-order valence-electron chi connectivity index (χ0n) is 10.1. The van der Waals surface area contributed by atoms with Gasteiger partial charge >= 0.3 is 0 Å². The predicted octanol–water partition coefficient (Wildman–Crippen LogP) is 3.56. The second-order valence-electron chi connectivity index (χ2n) is 4.32. The van der Waals surface area contributed by atoms with Crippen molar-refractivity contribution in [3.8, 4) is 5.75 Å². The third-order valence-corrected chi connectivity index (χ3v) is 3.28. The number of benzene rings is 2. The van der Waals surface area contributed by atoms with E-state index in [2.05, 4.69) is 4.99 Å². The number of phenolic OH excluding ortho intramolecular Hbond substituents is 1. The minimum atomic E-state index is -0.119. The van der Waals surface area contributed by atoms with Crippen LogP contribution in [0.2, 0.25) is 5.02 Å². The molecule has 0 bridgehead atoms. The molecule has 2 aromatic carbocycles. The van der Waals surface area contributed by atoms with Crippen molar-refractivity contribution in [2.45, 2.75) is 6.10 Å². The minimum absolute atomic E-state index is 0.119. The highest BCUT2D eigenvalue weighted by Crippen LogP contribution is 2.28. The molecule has 3 nitrogen and oxygen atoms in total. The van der Waals surface area contributed by atoms with Gasteiger partial charge in [0.2, 0.25) is 5.90 Å². The number of phenols is 1. The van der Waals surface area contributed by atoms with Crippen molar-refractivity contribution < 1.29 is 9.84 Å². The van der Waals surface area contributed by atoms with E-state index in [0.717, 1.165) is 5.56 Å². The Hall–Kier alpha value is -2.00. The lowest BCUT2D eigenvalue weighted by atomic mass is 10.1. The molecule has 96 valence electrons. The Kier molecular flexibility index (Phi) is 3.13. The molecule has 1 atom stereocenters. The Morgan fingerprint density at radius 2 is 1.84 bits per heavy atom. The Morgan fingerprint density at radius 1 is 1.11 bits per heavy atom. The maximum Gasteiger partial charge on any atom is 0.220 e. The van der Waals surface area contributed by atoms with Crippen LogP contribution in [0.1, 0.15) is 17.2 Å². The van der Waals surface area contributed by atoms with E-state index >= 15 is 0 Å². The summed E-state index contributed by atoms with van der Waals surface area (Å²) in [4.78, 5) is 4.35. The summed E-state index contributed by atoms with van der Waals surface area (Å²) < 4.78 is 5.80. The van der Waals surface area contributed by atoms with Gasteiger partial charge in [0.15, 0.2) is 0 Å². The molecular weight excluding hydrogens is 262 g/mol. The average Bonchev–Trinajstić information content (AvgIpc) is 2.89. The largest absolute Gasteiger partial charge is 0.507 e. The SMILES string of the molecule is Oc1ccccc1C1=NCC(c2ccc(Cl)cc2)O1. The predicted molar refractivity (Wildman–Crippen MR) is 74.8 cm³/mol. The number of halogens is 1. The van der Waals surface area contributed by atoms with Gasteiger partial charge in [0, 0.05) is 5.02 Å². The second-order valence-corrected chi connectivity index (χ2v) is 4.76. The minimum Gasteiger partial charge on any atom is -0.507 e. The molecule has 4 heteroatoms. The fourth-order valence-corrected chi connectivity index (χ4v) is 2.16. The fraction of sp³-hybridized carbons (Fsp3) is 0.133.